The Balaban J connectivity index is 2.79. The van der Waals surface area contributed by atoms with E-state index < -0.39 is 0 Å². The van der Waals surface area contributed by atoms with Crippen LogP contribution in [0.25, 0.3) is 10.8 Å². The Morgan fingerprint density at radius 2 is 1.85 bits per heavy atom. The molecule has 2 aromatic rings. The van der Waals surface area contributed by atoms with Gasteiger partial charge in [0.1, 0.15) is 0 Å². The van der Waals surface area contributed by atoms with E-state index in [1.54, 1.807) is 5.19 Å². The number of hydrogen-bond donors (Lipinski definition) is 0. The second-order valence-corrected chi connectivity index (χ2v) is 4.42. The molecular weight excluding hydrogens is 172 g/mol. The van der Waals surface area contributed by atoms with E-state index >= 15 is 0 Å². The van der Waals surface area contributed by atoms with Gasteiger partial charge in [-0.2, -0.15) is 0 Å². The lowest BCUT2D eigenvalue weighted by Crippen LogP contribution is -2.10. The van der Waals surface area contributed by atoms with Crippen molar-refractivity contribution in [1.29, 1.82) is 0 Å². The van der Waals surface area contributed by atoms with Crippen LogP contribution in [-0.2, 0) is 6.42 Å². The summed E-state index contributed by atoms with van der Waals surface area (Å²) in [4.78, 5) is 0. The molecule has 2 rings (SSSR count). The maximum absolute atomic E-state index is 2.27. The number of benzene rings is 2. The first kappa shape index (κ1) is 8.51. The first-order chi connectivity index (χ1) is 6.33. The van der Waals surface area contributed by atoms with Gasteiger partial charge in [-0.15, -0.1) is 0 Å². The average Bonchev–Trinajstić information content (AvgIpc) is 2.19. The quantitative estimate of drug-likeness (QED) is 0.591. The van der Waals surface area contributed by atoms with E-state index in [0.29, 0.717) is 0 Å². The second kappa shape index (κ2) is 3.34. The molecule has 0 N–H and O–H groups in total. The van der Waals surface area contributed by atoms with Crippen LogP contribution in [0, 0.1) is 0 Å². The number of hydrogen-bond acceptors (Lipinski definition) is 0. The third-order valence-electron chi connectivity index (χ3n) is 2.69. The van der Waals surface area contributed by atoms with Crippen LogP contribution >= 0.6 is 0 Å². The van der Waals surface area contributed by atoms with Crippen molar-refractivity contribution in [3.63, 3.8) is 0 Å². The Morgan fingerprint density at radius 1 is 1.08 bits per heavy atom. The predicted octanol–water partition coefficient (Wildman–Crippen LogP) is 1.39. The van der Waals surface area contributed by atoms with E-state index in [1.165, 1.54) is 16.3 Å². The smallest absolute Gasteiger partial charge is 0.0396 e. The van der Waals surface area contributed by atoms with Gasteiger partial charge in [0.25, 0.3) is 0 Å². The van der Waals surface area contributed by atoms with Gasteiger partial charge in [0.05, 0.1) is 0 Å². The summed E-state index contributed by atoms with van der Waals surface area (Å²) in [6.45, 7) is 2.23. The number of fused-ring (bicyclic) bond motifs is 1. The fraction of sp³-hybridized carbons (Fsp3) is 0.167. The van der Waals surface area contributed by atoms with Gasteiger partial charge in [0, 0.05) is 10.2 Å². The van der Waals surface area contributed by atoms with Gasteiger partial charge in [0.15, 0.2) is 0 Å². The molecule has 0 spiro atoms. The van der Waals surface area contributed by atoms with E-state index in [2.05, 4.69) is 43.3 Å². The minimum atomic E-state index is 1.15. The van der Waals surface area contributed by atoms with Crippen molar-refractivity contribution in [3.05, 3.63) is 42.0 Å². The highest BCUT2D eigenvalue weighted by atomic mass is 28.1. The molecule has 2 aromatic carbocycles. The largest absolute Gasteiger partial charge is 0.0616 e. The van der Waals surface area contributed by atoms with E-state index in [-0.39, 0.29) is 0 Å². The molecule has 1 heteroatoms. The van der Waals surface area contributed by atoms with Crippen molar-refractivity contribution in [3.8, 4) is 0 Å². The highest BCUT2D eigenvalue weighted by Crippen LogP contribution is 2.12. The molecular formula is C12H14Si. The molecule has 0 heterocycles. The van der Waals surface area contributed by atoms with Gasteiger partial charge in [-0.25, -0.2) is 0 Å². The SMILES string of the molecule is CCc1ccc2ccccc2c1[SiH3]. The van der Waals surface area contributed by atoms with Crippen molar-refractivity contribution >= 4 is 26.2 Å². The van der Waals surface area contributed by atoms with Crippen molar-refractivity contribution < 1.29 is 0 Å². The maximum atomic E-state index is 2.27. The number of aryl methyl sites for hydroxylation is 1. The second-order valence-electron chi connectivity index (χ2n) is 3.42. The normalized spacial score (nSPS) is 10.8. The Hall–Kier alpha value is -1.08. The minimum absolute atomic E-state index is 1.15. The molecule has 0 fully saturated rings. The summed E-state index contributed by atoms with van der Waals surface area (Å²) in [5.74, 6) is 0. The molecule has 0 amide bonds. The third-order valence-corrected chi connectivity index (χ3v) is 3.87. The molecule has 0 aliphatic rings. The van der Waals surface area contributed by atoms with Crippen molar-refractivity contribution in [2.24, 2.45) is 0 Å². The maximum Gasteiger partial charge on any atom is 0.0396 e. The first-order valence-corrected chi connectivity index (χ1v) is 5.80. The van der Waals surface area contributed by atoms with Crippen LogP contribution in [-0.4, -0.2) is 10.2 Å². The van der Waals surface area contributed by atoms with Crippen LogP contribution in [0.1, 0.15) is 12.5 Å². The van der Waals surface area contributed by atoms with Crippen molar-refractivity contribution in [1.82, 2.24) is 0 Å². The molecule has 0 aliphatic heterocycles. The van der Waals surface area contributed by atoms with E-state index in [1.807, 2.05) is 0 Å². The molecule has 66 valence electrons. The average molecular weight is 186 g/mol. The summed E-state index contributed by atoms with van der Waals surface area (Å²) in [5.41, 5.74) is 1.52. The standard InChI is InChI=1S/C12H14Si/c1-2-9-7-8-10-5-3-4-6-11(10)12(9)13/h3-8H,2H2,1,13H3. The summed E-state index contributed by atoms with van der Waals surface area (Å²) in [6.07, 6.45) is 1.16. The molecule has 0 bridgehead atoms. The van der Waals surface area contributed by atoms with E-state index in [4.69, 9.17) is 0 Å². The van der Waals surface area contributed by atoms with Crippen molar-refractivity contribution in [2.75, 3.05) is 0 Å². The van der Waals surface area contributed by atoms with Crippen molar-refractivity contribution in [2.45, 2.75) is 13.3 Å². The van der Waals surface area contributed by atoms with Crippen LogP contribution in [0.3, 0.4) is 0 Å². The highest BCUT2D eigenvalue weighted by molar-refractivity contribution is 6.39. The van der Waals surface area contributed by atoms with Gasteiger partial charge < -0.3 is 0 Å². The molecule has 13 heavy (non-hydrogen) atoms. The van der Waals surface area contributed by atoms with Crippen LogP contribution in [0.15, 0.2) is 36.4 Å². The lowest BCUT2D eigenvalue weighted by atomic mass is 10.1. The zero-order valence-electron chi connectivity index (χ0n) is 8.17. The predicted molar refractivity (Wildman–Crippen MR) is 62.9 cm³/mol. The zero-order chi connectivity index (χ0) is 9.26. The minimum Gasteiger partial charge on any atom is -0.0616 e. The fourth-order valence-corrected chi connectivity index (χ4v) is 2.83. The molecule has 0 saturated heterocycles. The molecule has 0 nitrogen and oxygen atoms in total. The van der Waals surface area contributed by atoms with Crippen LogP contribution in [0.4, 0.5) is 0 Å². The molecule has 0 aliphatic carbocycles. The van der Waals surface area contributed by atoms with Crippen LogP contribution in [0.5, 0.6) is 0 Å². The third kappa shape index (κ3) is 1.40. The monoisotopic (exact) mass is 186 g/mol. The van der Waals surface area contributed by atoms with Gasteiger partial charge in [0.2, 0.25) is 0 Å². The fourth-order valence-electron chi connectivity index (χ4n) is 1.86. The summed E-state index contributed by atoms with van der Waals surface area (Å²) < 4.78 is 0. The number of rotatable bonds is 1. The Morgan fingerprint density at radius 3 is 2.62 bits per heavy atom. The summed E-state index contributed by atoms with van der Waals surface area (Å²) in [5, 5.41) is 4.40. The molecule has 0 radical (unpaired) electrons. The molecule has 0 saturated carbocycles. The van der Waals surface area contributed by atoms with Gasteiger partial charge in [-0.05, 0) is 22.8 Å². The van der Waals surface area contributed by atoms with Gasteiger partial charge in [-0.3, -0.25) is 0 Å². The Bertz CT molecular complexity index is 432. The zero-order valence-corrected chi connectivity index (χ0v) is 10.2. The van der Waals surface area contributed by atoms with E-state index in [9.17, 15) is 0 Å². The lowest BCUT2D eigenvalue weighted by molar-refractivity contribution is 1.16. The lowest BCUT2D eigenvalue weighted by Gasteiger charge is -2.06. The first-order valence-electron chi connectivity index (χ1n) is 4.80. The molecule has 0 unspecified atom stereocenters. The van der Waals surface area contributed by atoms with Crippen LogP contribution < -0.4 is 5.19 Å². The Labute approximate surface area is 82.0 Å². The topological polar surface area (TPSA) is 0 Å². The Kier molecular flexibility index (Phi) is 2.19. The van der Waals surface area contributed by atoms with Gasteiger partial charge in [-0.1, -0.05) is 48.5 Å². The summed E-state index contributed by atoms with van der Waals surface area (Å²) >= 11 is 0. The van der Waals surface area contributed by atoms with Gasteiger partial charge >= 0.3 is 0 Å². The van der Waals surface area contributed by atoms with Crippen LogP contribution in [0.2, 0.25) is 0 Å². The molecule has 0 aromatic heterocycles. The summed E-state index contributed by atoms with van der Waals surface area (Å²) in [7, 11) is 1.15. The molecule has 0 atom stereocenters. The summed E-state index contributed by atoms with van der Waals surface area (Å²) in [6, 6.07) is 13.2. The highest BCUT2D eigenvalue weighted by Gasteiger charge is 1.99. The van der Waals surface area contributed by atoms with E-state index in [0.717, 1.165) is 16.7 Å².